The summed E-state index contributed by atoms with van der Waals surface area (Å²) < 4.78 is 4.77. The van der Waals surface area contributed by atoms with Gasteiger partial charge in [-0.25, -0.2) is 4.79 Å². The van der Waals surface area contributed by atoms with E-state index in [9.17, 15) is 14.4 Å². The Kier molecular flexibility index (Phi) is 4.87. The van der Waals surface area contributed by atoms with Gasteiger partial charge in [0.05, 0.1) is 7.11 Å². The van der Waals surface area contributed by atoms with Gasteiger partial charge in [0.2, 0.25) is 0 Å². The number of rotatable bonds is 5. The van der Waals surface area contributed by atoms with E-state index < -0.39 is 12.0 Å². The van der Waals surface area contributed by atoms with E-state index in [1.807, 2.05) is 6.07 Å². The van der Waals surface area contributed by atoms with Crippen molar-refractivity contribution in [1.29, 1.82) is 0 Å². The molecule has 0 radical (unpaired) electrons. The van der Waals surface area contributed by atoms with Crippen LogP contribution in [0.1, 0.15) is 23.2 Å². The average Bonchev–Trinajstić information content (AvgIpc) is 3.01. The van der Waals surface area contributed by atoms with Gasteiger partial charge in [-0.1, -0.05) is 24.3 Å². The Morgan fingerprint density at radius 2 is 2.05 bits per heavy atom. The Balaban J connectivity index is 2.09. The van der Waals surface area contributed by atoms with Crippen LogP contribution in [-0.4, -0.2) is 31.3 Å². The highest BCUT2D eigenvalue weighted by atomic mass is 16.5. The van der Waals surface area contributed by atoms with Crippen molar-refractivity contribution in [2.45, 2.75) is 18.9 Å². The molecule has 5 nitrogen and oxygen atoms in total. The number of carbonyl (C=O) groups is 3. The molecule has 1 aromatic carbocycles. The number of aldehydes is 1. The van der Waals surface area contributed by atoms with Gasteiger partial charge in [-0.15, -0.1) is 0 Å². The standard InChI is InChI=1S/C16H17NO4/c1-21-16(20)14(13-8-7-11(9-13)10-18)17-15(19)12-5-3-2-4-6-12/h2-7,10,13-14H,8-9H2,1H3,(H,17,19)/t13-,14+/m0/s1. The maximum atomic E-state index is 12.2. The first kappa shape index (κ1) is 15.0. The van der Waals surface area contributed by atoms with Crippen molar-refractivity contribution in [2.75, 3.05) is 7.11 Å². The molecule has 2 rings (SSSR count). The Morgan fingerprint density at radius 1 is 1.33 bits per heavy atom. The van der Waals surface area contributed by atoms with Crippen LogP contribution in [0.15, 0.2) is 42.0 Å². The van der Waals surface area contributed by atoms with Crippen molar-refractivity contribution in [3.63, 3.8) is 0 Å². The van der Waals surface area contributed by atoms with E-state index in [2.05, 4.69) is 5.32 Å². The number of carbonyl (C=O) groups excluding carboxylic acids is 3. The van der Waals surface area contributed by atoms with E-state index in [1.165, 1.54) is 7.11 Å². The molecule has 0 bridgehead atoms. The first-order chi connectivity index (χ1) is 10.2. The molecular weight excluding hydrogens is 270 g/mol. The molecule has 0 unspecified atom stereocenters. The van der Waals surface area contributed by atoms with Crippen LogP contribution in [0.2, 0.25) is 0 Å². The molecule has 1 aliphatic carbocycles. The van der Waals surface area contributed by atoms with Crippen molar-refractivity contribution < 1.29 is 19.1 Å². The number of hydrogen-bond donors (Lipinski definition) is 1. The molecule has 21 heavy (non-hydrogen) atoms. The third-order valence-corrected chi connectivity index (χ3v) is 3.58. The Morgan fingerprint density at radius 3 is 2.62 bits per heavy atom. The molecule has 0 heterocycles. The second-order valence-corrected chi connectivity index (χ2v) is 4.94. The van der Waals surface area contributed by atoms with Gasteiger partial charge in [-0.05, 0) is 36.5 Å². The molecule has 1 N–H and O–H groups in total. The molecular formula is C16H17NO4. The van der Waals surface area contributed by atoms with E-state index in [1.54, 1.807) is 30.3 Å². The topological polar surface area (TPSA) is 72.5 Å². The smallest absolute Gasteiger partial charge is 0.328 e. The van der Waals surface area contributed by atoms with Gasteiger partial charge >= 0.3 is 5.97 Å². The van der Waals surface area contributed by atoms with Crippen molar-refractivity contribution in [3.05, 3.63) is 47.5 Å². The minimum absolute atomic E-state index is 0.148. The summed E-state index contributed by atoms with van der Waals surface area (Å²) in [6.45, 7) is 0. The van der Waals surface area contributed by atoms with Crippen LogP contribution in [0, 0.1) is 5.92 Å². The fourth-order valence-corrected chi connectivity index (χ4v) is 2.43. The fourth-order valence-electron chi connectivity index (χ4n) is 2.43. The predicted octanol–water partition coefficient (Wildman–Crippen LogP) is 1.49. The zero-order valence-electron chi connectivity index (χ0n) is 11.7. The molecule has 0 saturated carbocycles. The maximum Gasteiger partial charge on any atom is 0.328 e. The summed E-state index contributed by atoms with van der Waals surface area (Å²) in [5.74, 6) is -0.972. The minimum Gasteiger partial charge on any atom is -0.467 e. The number of amides is 1. The lowest BCUT2D eigenvalue weighted by atomic mass is 9.95. The van der Waals surface area contributed by atoms with E-state index in [0.29, 0.717) is 24.0 Å². The van der Waals surface area contributed by atoms with Crippen molar-refractivity contribution in [2.24, 2.45) is 5.92 Å². The number of benzene rings is 1. The van der Waals surface area contributed by atoms with Gasteiger partial charge in [0.1, 0.15) is 12.3 Å². The number of methoxy groups -OCH3 is 1. The van der Waals surface area contributed by atoms with Crippen LogP contribution in [0.5, 0.6) is 0 Å². The van der Waals surface area contributed by atoms with Gasteiger partial charge in [0, 0.05) is 5.56 Å². The third-order valence-electron chi connectivity index (χ3n) is 3.58. The highest BCUT2D eigenvalue weighted by Gasteiger charge is 2.33. The monoisotopic (exact) mass is 287 g/mol. The minimum atomic E-state index is -0.753. The molecule has 110 valence electrons. The van der Waals surface area contributed by atoms with Crippen LogP contribution in [0.4, 0.5) is 0 Å². The molecule has 0 spiro atoms. The van der Waals surface area contributed by atoms with Gasteiger partial charge < -0.3 is 10.1 Å². The summed E-state index contributed by atoms with van der Waals surface area (Å²) in [5, 5.41) is 2.71. The molecule has 0 aliphatic heterocycles. The van der Waals surface area contributed by atoms with Gasteiger partial charge in [-0.2, -0.15) is 0 Å². The summed E-state index contributed by atoms with van der Waals surface area (Å²) in [7, 11) is 1.28. The van der Waals surface area contributed by atoms with E-state index in [0.717, 1.165) is 6.29 Å². The lowest BCUT2D eigenvalue weighted by Gasteiger charge is -2.22. The quantitative estimate of drug-likeness (QED) is 0.658. The average molecular weight is 287 g/mol. The highest BCUT2D eigenvalue weighted by Crippen LogP contribution is 2.27. The van der Waals surface area contributed by atoms with Crippen LogP contribution < -0.4 is 5.32 Å². The van der Waals surface area contributed by atoms with Crippen LogP contribution in [0.3, 0.4) is 0 Å². The summed E-state index contributed by atoms with van der Waals surface area (Å²) >= 11 is 0. The number of hydrogen-bond acceptors (Lipinski definition) is 4. The molecule has 1 amide bonds. The molecule has 1 aromatic rings. The number of allylic oxidation sites excluding steroid dienone is 2. The molecule has 0 saturated heterocycles. The molecule has 1 aliphatic rings. The number of nitrogens with one attached hydrogen (secondary N) is 1. The second-order valence-electron chi connectivity index (χ2n) is 4.94. The second kappa shape index (κ2) is 6.83. The van der Waals surface area contributed by atoms with Gasteiger partial charge in [0.25, 0.3) is 5.91 Å². The Hall–Kier alpha value is -2.43. The largest absolute Gasteiger partial charge is 0.467 e. The Labute approximate surface area is 123 Å². The van der Waals surface area contributed by atoms with E-state index >= 15 is 0 Å². The normalized spacial score (nSPS) is 18.5. The third kappa shape index (κ3) is 3.56. The van der Waals surface area contributed by atoms with Crippen LogP contribution in [0.25, 0.3) is 0 Å². The first-order valence-corrected chi connectivity index (χ1v) is 6.73. The molecule has 0 aromatic heterocycles. The SMILES string of the molecule is COC(=O)[C@H](NC(=O)c1ccccc1)[C@H]1CC=C(C=O)C1. The molecule has 5 heteroatoms. The summed E-state index contributed by atoms with van der Waals surface area (Å²) in [6.07, 6.45) is 3.62. The zero-order chi connectivity index (χ0) is 15.2. The lowest BCUT2D eigenvalue weighted by Crippen LogP contribution is -2.46. The van der Waals surface area contributed by atoms with Crippen LogP contribution in [-0.2, 0) is 14.3 Å². The Bertz CT molecular complexity index is 565. The van der Waals surface area contributed by atoms with Gasteiger partial charge in [0.15, 0.2) is 0 Å². The highest BCUT2D eigenvalue weighted by molar-refractivity contribution is 5.96. The number of esters is 1. The number of ether oxygens (including phenoxy) is 1. The lowest BCUT2D eigenvalue weighted by molar-refractivity contribution is -0.144. The van der Waals surface area contributed by atoms with Crippen LogP contribution >= 0.6 is 0 Å². The van der Waals surface area contributed by atoms with E-state index in [4.69, 9.17) is 4.74 Å². The van der Waals surface area contributed by atoms with Crippen molar-refractivity contribution >= 4 is 18.2 Å². The van der Waals surface area contributed by atoms with Gasteiger partial charge in [-0.3, -0.25) is 9.59 Å². The maximum absolute atomic E-state index is 12.2. The van der Waals surface area contributed by atoms with Crippen molar-refractivity contribution in [3.8, 4) is 0 Å². The van der Waals surface area contributed by atoms with E-state index in [-0.39, 0.29) is 11.8 Å². The zero-order valence-corrected chi connectivity index (χ0v) is 11.7. The van der Waals surface area contributed by atoms with Crippen molar-refractivity contribution in [1.82, 2.24) is 5.32 Å². The molecule has 0 fully saturated rings. The fraction of sp³-hybridized carbons (Fsp3) is 0.312. The summed E-state index contributed by atoms with van der Waals surface area (Å²) in [5.41, 5.74) is 1.14. The molecule has 2 atom stereocenters. The summed E-state index contributed by atoms with van der Waals surface area (Å²) in [4.78, 5) is 34.9. The first-order valence-electron chi connectivity index (χ1n) is 6.73. The summed E-state index contributed by atoms with van der Waals surface area (Å²) in [6, 6.07) is 7.91. The predicted molar refractivity (Wildman–Crippen MR) is 76.6 cm³/mol.